The SMILES string of the molecule is CO[C@H]1C[C@@H](Nc2nc(-c3nccn3C)nc3sc(-c4ccn(C(C)C)n4)c(C)c23)C[C@H]1OC. The molecule has 4 aromatic rings. The van der Waals surface area contributed by atoms with Crippen molar-refractivity contribution in [1.29, 1.82) is 0 Å². The van der Waals surface area contributed by atoms with Gasteiger partial charge in [-0.3, -0.25) is 4.68 Å². The second-order valence-electron chi connectivity index (χ2n) is 9.13. The van der Waals surface area contributed by atoms with Crippen LogP contribution in [-0.2, 0) is 16.5 Å². The van der Waals surface area contributed by atoms with Crippen LogP contribution >= 0.6 is 11.3 Å². The molecular weight excluding hydrogens is 450 g/mol. The van der Waals surface area contributed by atoms with Crippen LogP contribution < -0.4 is 5.32 Å². The standard InChI is InChI=1S/C24H31N7O2S/c1-13(2)31-9-7-16(29-31)20-14(3)19-21(26-15-11-17(32-5)18(12-15)33-6)27-22(28-24(19)34-20)23-25-8-10-30(23)4/h7-10,13,15,17-18H,11-12H2,1-6H3,(H,26,27,28)/t15-,17+,18-. The summed E-state index contributed by atoms with van der Waals surface area (Å²) in [6.45, 7) is 6.38. The van der Waals surface area contributed by atoms with E-state index in [1.165, 1.54) is 0 Å². The Morgan fingerprint density at radius 2 is 1.85 bits per heavy atom. The molecule has 0 spiro atoms. The van der Waals surface area contributed by atoms with Crippen LogP contribution in [0.15, 0.2) is 24.7 Å². The molecule has 0 saturated heterocycles. The van der Waals surface area contributed by atoms with Crippen molar-refractivity contribution in [2.45, 2.75) is 57.9 Å². The van der Waals surface area contributed by atoms with Crippen molar-refractivity contribution in [3.63, 3.8) is 0 Å². The van der Waals surface area contributed by atoms with E-state index in [0.717, 1.165) is 50.8 Å². The summed E-state index contributed by atoms with van der Waals surface area (Å²) >= 11 is 1.65. The number of rotatable bonds is 7. The number of hydrogen-bond donors (Lipinski definition) is 1. The van der Waals surface area contributed by atoms with Crippen LogP contribution in [-0.4, -0.2) is 61.8 Å². The summed E-state index contributed by atoms with van der Waals surface area (Å²) in [5.41, 5.74) is 2.09. The number of imidazole rings is 1. The predicted octanol–water partition coefficient (Wildman–Crippen LogP) is 4.45. The number of methoxy groups -OCH3 is 2. The van der Waals surface area contributed by atoms with Crippen molar-refractivity contribution in [2.75, 3.05) is 19.5 Å². The smallest absolute Gasteiger partial charge is 0.199 e. The Morgan fingerprint density at radius 1 is 1.12 bits per heavy atom. The second kappa shape index (κ2) is 9.09. The van der Waals surface area contributed by atoms with E-state index in [1.54, 1.807) is 31.8 Å². The molecule has 1 aliphatic carbocycles. The topological polar surface area (TPSA) is 91.9 Å². The summed E-state index contributed by atoms with van der Waals surface area (Å²) in [5, 5.41) is 9.54. The Bertz CT molecular complexity index is 1300. The average Bonchev–Trinajstić information content (AvgIpc) is 3.59. The highest BCUT2D eigenvalue weighted by Crippen LogP contribution is 2.41. The summed E-state index contributed by atoms with van der Waals surface area (Å²) in [5.74, 6) is 2.16. The maximum absolute atomic E-state index is 5.66. The number of anilines is 1. The van der Waals surface area contributed by atoms with Gasteiger partial charge < -0.3 is 19.4 Å². The number of fused-ring (bicyclic) bond motifs is 1. The number of thiophene rings is 1. The lowest BCUT2D eigenvalue weighted by atomic mass is 10.1. The molecule has 34 heavy (non-hydrogen) atoms. The first-order valence-electron chi connectivity index (χ1n) is 11.6. The first-order chi connectivity index (χ1) is 16.4. The molecule has 1 saturated carbocycles. The van der Waals surface area contributed by atoms with E-state index in [-0.39, 0.29) is 18.2 Å². The van der Waals surface area contributed by atoms with E-state index in [0.29, 0.717) is 11.9 Å². The zero-order valence-electron chi connectivity index (χ0n) is 20.4. The molecule has 3 atom stereocenters. The minimum absolute atomic E-state index is 0.0629. The van der Waals surface area contributed by atoms with Gasteiger partial charge in [-0.2, -0.15) is 5.10 Å². The average molecular weight is 482 g/mol. The molecule has 4 heterocycles. The predicted molar refractivity (Wildman–Crippen MR) is 134 cm³/mol. The minimum Gasteiger partial charge on any atom is -0.379 e. The summed E-state index contributed by atoms with van der Waals surface area (Å²) in [6, 6.07) is 2.56. The van der Waals surface area contributed by atoms with Gasteiger partial charge >= 0.3 is 0 Å². The molecule has 4 aromatic heterocycles. The highest BCUT2D eigenvalue weighted by molar-refractivity contribution is 7.22. The third kappa shape index (κ3) is 3.99. The number of nitrogens with one attached hydrogen (secondary N) is 1. The molecular formula is C24H31N7O2S. The molecule has 1 N–H and O–H groups in total. The van der Waals surface area contributed by atoms with E-state index in [2.05, 4.69) is 37.1 Å². The van der Waals surface area contributed by atoms with Crippen LogP contribution in [0.3, 0.4) is 0 Å². The van der Waals surface area contributed by atoms with Crippen LogP contribution in [0.4, 0.5) is 5.82 Å². The Kier molecular flexibility index (Phi) is 6.13. The Morgan fingerprint density at radius 3 is 2.44 bits per heavy atom. The Labute approximate surface area is 203 Å². The van der Waals surface area contributed by atoms with Gasteiger partial charge in [0.15, 0.2) is 11.6 Å². The Balaban J connectivity index is 1.61. The molecule has 0 radical (unpaired) electrons. The molecule has 5 rings (SSSR count). The van der Waals surface area contributed by atoms with Gasteiger partial charge in [-0.05, 0) is 45.2 Å². The van der Waals surface area contributed by atoms with Crippen LogP contribution in [0.1, 0.15) is 38.3 Å². The van der Waals surface area contributed by atoms with E-state index in [1.807, 2.05) is 28.7 Å². The maximum Gasteiger partial charge on any atom is 0.199 e. The van der Waals surface area contributed by atoms with Crippen LogP contribution in [0.2, 0.25) is 0 Å². The number of ether oxygens (including phenoxy) is 2. The highest BCUT2D eigenvalue weighted by atomic mass is 32.1. The number of nitrogens with zero attached hydrogens (tertiary/aromatic N) is 6. The minimum atomic E-state index is 0.0629. The summed E-state index contributed by atoms with van der Waals surface area (Å²) < 4.78 is 15.2. The monoisotopic (exact) mass is 481 g/mol. The van der Waals surface area contributed by atoms with Crippen molar-refractivity contribution in [1.82, 2.24) is 29.3 Å². The van der Waals surface area contributed by atoms with Gasteiger partial charge in [0, 0.05) is 51.9 Å². The fraction of sp³-hybridized carbons (Fsp3) is 0.500. The number of aromatic nitrogens is 6. The van der Waals surface area contributed by atoms with Crippen molar-refractivity contribution < 1.29 is 9.47 Å². The first kappa shape index (κ1) is 22.9. The normalized spacial score (nSPS) is 20.6. The highest BCUT2D eigenvalue weighted by Gasteiger charge is 2.35. The van der Waals surface area contributed by atoms with Gasteiger partial charge in [0.1, 0.15) is 16.3 Å². The lowest BCUT2D eigenvalue weighted by Crippen LogP contribution is -2.23. The molecule has 180 valence electrons. The third-order valence-corrected chi connectivity index (χ3v) is 7.78. The summed E-state index contributed by atoms with van der Waals surface area (Å²) in [7, 11) is 5.44. The van der Waals surface area contributed by atoms with Crippen LogP contribution in [0, 0.1) is 6.92 Å². The lowest BCUT2D eigenvalue weighted by molar-refractivity contribution is -0.0157. The molecule has 0 bridgehead atoms. The quantitative estimate of drug-likeness (QED) is 0.417. The summed E-state index contributed by atoms with van der Waals surface area (Å²) in [6.07, 6.45) is 7.54. The van der Waals surface area contributed by atoms with Crippen molar-refractivity contribution in [2.24, 2.45) is 7.05 Å². The van der Waals surface area contributed by atoms with Gasteiger partial charge in [-0.15, -0.1) is 11.3 Å². The molecule has 10 heteroatoms. The van der Waals surface area contributed by atoms with Crippen molar-refractivity contribution in [3.05, 3.63) is 30.2 Å². The van der Waals surface area contributed by atoms with Crippen LogP contribution in [0.5, 0.6) is 0 Å². The Hall–Kier alpha value is -2.82. The van der Waals surface area contributed by atoms with Crippen molar-refractivity contribution >= 4 is 27.4 Å². The first-order valence-corrected chi connectivity index (χ1v) is 12.4. The molecule has 0 amide bonds. The van der Waals surface area contributed by atoms with Crippen molar-refractivity contribution in [3.8, 4) is 22.2 Å². The molecule has 9 nitrogen and oxygen atoms in total. The van der Waals surface area contributed by atoms with Gasteiger partial charge in [-0.1, -0.05) is 0 Å². The van der Waals surface area contributed by atoms with Crippen LogP contribution in [0.25, 0.3) is 32.4 Å². The van der Waals surface area contributed by atoms with E-state index in [4.69, 9.17) is 24.5 Å². The van der Waals surface area contributed by atoms with Gasteiger partial charge in [0.05, 0.1) is 22.5 Å². The molecule has 0 aliphatic heterocycles. The fourth-order valence-electron chi connectivity index (χ4n) is 4.68. The molecule has 1 aliphatic rings. The molecule has 1 fully saturated rings. The van der Waals surface area contributed by atoms with Gasteiger partial charge in [0.25, 0.3) is 0 Å². The largest absolute Gasteiger partial charge is 0.379 e. The van der Waals surface area contributed by atoms with E-state index in [9.17, 15) is 0 Å². The molecule has 0 aromatic carbocycles. The van der Waals surface area contributed by atoms with E-state index >= 15 is 0 Å². The number of hydrogen-bond acceptors (Lipinski definition) is 8. The van der Waals surface area contributed by atoms with E-state index < -0.39 is 0 Å². The van der Waals surface area contributed by atoms with Gasteiger partial charge in [0.2, 0.25) is 0 Å². The maximum atomic E-state index is 5.66. The number of aryl methyl sites for hydroxylation is 2. The fourth-order valence-corrected chi connectivity index (χ4v) is 5.83. The van der Waals surface area contributed by atoms with Gasteiger partial charge in [-0.25, -0.2) is 15.0 Å². The third-order valence-electron chi connectivity index (χ3n) is 6.58. The second-order valence-corrected chi connectivity index (χ2v) is 10.1. The zero-order valence-corrected chi connectivity index (χ0v) is 21.3. The summed E-state index contributed by atoms with van der Waals surface area (Å²) in [4.78, 5) is 16.4. The lowest BCUT2D eigenvalue weighted by Gasteiger charge is -2.15. The molecule has 0 unspecified atom stereocenters. The zero-order chi connectivity index (χ0) is 24.0.